The van der Waals surface area contributed by atoms with Gasteiger partial charge in [-0.1, -0.05) is 12.5 Å². The molecule has 0 unspecified atom stereocenters. The van der Waals surface area contributed by atoms with Crippen LogP contribution in [0.3, 0.4) is 0 Å². The molecule has 0 aromatic carbocycles. The molecule has 0 aliphatic carbocycles. The number of nitrogens with zero attached hydrogens (tertiary/aromatic N) is 1. The normalized spacial score (nSPS) is 12.6. The van der Waals surface area contributed by atoms with E-state index in [2.05, 4.69) is 24.2 Å². The minimum Gasteiger partial charge on any atom is -0.379 e. The lowest BCUT2D eigenvalue weighted by Gasteiger charge is -1.88. The van der Waals surface area contributed by atoms with Gasteiger partial charge in [0.1, 0.15) is 0 Å². The highest BCUT2D eigenvalue weighted by Crippen LogP contribution is 1.95. The van der Waals surface area contributed by atoms with Crippen LogP contribution in [-0.2, 0) is 0 Å². The average molecular weight is 126 g/mol. The van der Waals surface area contributed by atoms with Gasteiger partial charge in [0, 0.05) is 13.2 Å². The van der Waals surface area contributed by atoms with Gasteiger partial charge in [0.2, 0.25) is 0 Å². The topological polar surface area (TPSA) is 24.4 Å². The lowest BCUT2D eigenvalue weighted by Crippen LogP contribution is -1.99. The summed E-state index contributed by atoms with van der Waals surface area (Å²) in [5, 5.41) is 2.81. The Morgan fingerprint density at radius 3 is 2.78 bits per heavy atom. The molecule has 0 saturated heterocycles. The largest absolute Gasteiger partial charge is 0.379 e. The molecule has 0 heterocycles. The lowest BCUT2D eigenvalue weighted by atomic mass is 10.3. The van der Waals surface area contributed by atoms with Crippen LogP contribution in [0.15, 0.2) is 16.8 Å². The van der Waals surface area contributed by atoms with E-state index in [-0.39, 0.29) is 0 Å². The highest BCUT2D eigenvalue weighted by molar-refractivity contribution is 5.54. The molecule has 0 amide bonds. The zero-order valence-electron chi connectivity index (χ0n) is 6.31. The molecule has 0 aromatic heterocycles. The molecule has 0 fully saturated rings. The summed E-state index contributed by atoms with van der Waals surface area (Å²) in [6.45, 7) is 4.17. The summed E-state index contributed by atoms with van der Waals surface area (Å²) in [6, 6.07) is 0. The second-order valence-electron chi connectivity index (χ2n) is 1.90. The molecule has 0 rings (SSSR count). The quantitative estimate of drug-likeness (QED) is 0.450. The number of aliphatic imine (C=N–C) groups is 1. The van der Waals surface area contributed by atoms with Crippen molar-refractivity contribution in [2.45, 2.75) is 20.3 Å². The Bertz CT molecular complexity index is 114. The van der Waals surface area contributed by atoms with Gasteiger partial charge in [0.05, 0.1) is 6.34 Å². The molecule has 0 radical (unpaired) electrons. The third-order valence-corrected chi connectivity index (χ3v) is 1.06. The van der Waals surface area contributed by atoms with Crippen LogP contribution in [0, 0.1) is 0 Å². The molecule has 0 saturated carbocycles. The van der Waals surface area contributed by atoms with Gasteiger partial charge in [-0.05, 0) is 13.3 Å². The van der Waals surface area contributed by atoms with Crippen molar-refractivity contribution in [1.29, 1.82) is 0 Å². The van der Waals surface area contributed by atoms with E-state index in [0.29, 0.717) is 0 Å². The Kier molecular flexibility index (Phi) is 4.88. The van der Waals surface area contributed by atoms with Crippen LogP contribution >= 0.6 is 0 Å². The van der Waals surface area contributed by atoms with Gasteiger partial charge in [-0.25, -0.2) is 4.99 Å². The standard InChI is InChI=1S/C7H14N2/c1-4-7(2)5-9-6-8-3/h5-6H,4H2,1-3H3,(H,8,9)/b7-5+. The smallest absolute Gasteiger partial charge is 0.0876 e. The molecule has 2 nitrogen and oxygen atoms in total. The molecule has 0 atom stereocenters. The van der Waals surface area contributed by atoms with Crippen molar-refractivity contribution in [2.24, 2.45) is 4.99 Å². The van der Waals surface area contributed by atoms with E-state index in [9.17, 15) is 0 Å². The van der Waals surface area contributed by atoms with Crippen LogP contribution in [0.2, 0.25) is 0 Å². The minimum absolute atomic E-state index is 1.07. The highest BCUT2D eigenvalue weighted by atomic mass is 14.9. The second kappa shape index (κ2) is 5.35. The van der Waals surface area contributed by atoms with Gasteiger partial charge < -0.3 is 5.32 Å². The fraction of sp³-hybridized carbons (Fsp3) is 0.571. The fourth-order valence-corrected chi connectivity index (χ4v) is 0.330. The number of allylic oxidation sites excluding steroid dienone is 1. The van der Waals surface area contributed by atoms with Gasteiger partial charge in [-0.2, -0.15) is 0 Å². The lowest BCUT2D eigenvalue weighted by molar-refractivity contribution is 1.08. The Labute approximate surface area is 56.7 Å². The average Bonchev–Trinajstić information content (AvgIpc) is 1.89. The third kappa shape index (κ3) is 5.07. The van der Waals surface area contributed by atoms with Crippen LogP contribution < -0.4 is 5.32 Å². The Hall–Kier alpha value is -0.790. The SMILES string of the molecule is CC/C(C)=C/N=C\NC. The molecule has 0 aromatic rings. The summed E-state index contributed by atoms with van der Waals surface area (Å²) in [5.74, 6) is 0. The van der Waals surface area contributed by atoms with E-state index in [1.54, 1.807) is 6.34 Å². The molecule has 0 aliphatic rings. The molecule has 1 N–H and O–H groups in total. The maximum atomic E-state index is 3.96. The van der Waals surface area contributed by atoms with E-state index in [1.165, 1.54) is 5.57 Å². The predicted octanol–water partition coefficient (Wildman–Crippen LogP) is 1.55. The molecular weight excluding hydrogens is 112 g/mol. The number of rotatable bonds is 3. The highest BCUT2D eigenvalue weighted by Gasteiger charge is 1.77. The molecule has 52 valence electrons. The minimum atomic E-state index is 1.07. The summed E-state index contributed by atoms with van der Waals surface area (Å²) in [5.41, 5.74) is 1.29. The molecule has 0 bridgehead atoms. The summed E-state index contributed by atoms with van der Waals surface area (Å²) in [6.07, 6.45) is 4.59. The predicted molar refractivity (Wildman–Crippen MR) is 41.6 cm³/mol. The van der Waals surface area contributed by atoms with E-state index in [0.717, 1.165) is 6.42 Å². The van der Waals surface area contributed by atoms with Crippen LogP contribution in [0.5, 0.6) is 0 Å². The van der Waals surface area contributed by atoms with Crippen molar-refractivity contribution in [2.75, 3.05) is 7.05 Å². The third-order valence-electron chi connectivity index (χ3n) is 1.06. The Morgan fingerprint density at radius 2 is 2.33 bits per heavy atom. The molecule has 0 aliphatic heterocycles. The fourth-order valence-electron chi connectivity index (χ4n) is 0.330. The van der Waals surface area contributed by atoms with Gasteiger partial charge >= 0.3 is 0 Å². The van der Waals surface area contributed by atoms with Crippen LogP contribution in [0.4, 0.5) is 0 Å². The van der Waals surface area contributed by atoms with Crippen LogP contribution in [0.1, 0.15) is 20.3 Å². The van der Waals surface area contributed by atoms with Gasteiger partial charge in [-0.3, -0.25) is 0 Å². The first-order valence-corrected chi connectivity index (χ1v) is 3.15. The van der Waals surface area contributed by atoms with Crippen molar-refractivity contribution in [3.63, 3.8) is 0 Å². The van der Waals surface area contributed by atoms with Crippen molar-refractivity contribution in [1.82, 2.24) is 5.32 Å². The zero-order valence-corrected chi connectivity index (χ0v) is 6.31. The number of hydrogen-bond donors (Lipinski definition) is 1. The van der Waals surface area contributed by atoms with Crippen molar-refractivity contribution in [3.05, 3.63) is 11.8 Å². The first-order chi connectivity index (χ1) is 4.31. The Morgan fingerprint density at radius 1 is 1.67 bits per heavy atom. The molecule has 0 spiro atoms. The maximum Gasteiger partial charge on any atom is 0.0876 e. The Balaban J connectivity index is 3.55. The van der Waals surface area contributed by atoms with E-state index < -0.39 is 0 Å². The number of nitrogens with one attached hydrogen (secondary N) is 1. The van der Waals surface area contributed by atoms with Crippen molar-refractivity contribution < 1.29 is 0 Å². The zero-order chi connectivity index (χ0) is 7.11. The summed E-state index contributed by atoms with van der Waals surface area (Å²) in [4.78, 5) is 3.96. The summed E-state index contributed by atoms with van der Waals surface area (Å²) < 4.78 is 0. The van der Waals surface area contributed by atoms with Gasteiger partial charge in [0.15, 0.2) is 0 Å². The van der Waals surface area contributed by atoms with Crippen molar-refractivity contribution in [3.8, 4) is 0 Å². The van der Waals surface area contributed by atoms with Gasteiger partial charge in [-0.15, -0.1) is 0 Å². The number of hydrogen-bond acceptors (Lipinski definition) is 1. The van der Waals surface area contributed by atoms with Crippen molar-refractivity contribution >= 4 is 6.34 Å². The first kappa shape index (κ1) is 8.21. The van der Waals surface area contributed by atoms with E-state index in [1.807, 2.05) is 13.2 Å². The first-order valence-electron chi connectivity index (χ1n) is 3.15. The van der Waals surface area contributed by atoms with Crippen LogP contribution in [0.25, 0.3) is 0 Å². The second-order valence-corrected chi connectivity index (χ2v) is 1.90. The summed E-state index contributed by atoms with van der Waals surface area (Å²) in [7, 11) is 1.83. The summed E-state index contributed by atoms with van der Waals surface area (Å²) >= 11 is 0. The maximum absolute atomic E-state index is 3.96. The molecular formula is C7H14N2. The van der Waals surface area contributed by atoms with E-state index >= 15 is 0 Å². The van der Waals surface area contributed by atoms with E-state index in [4.69, 9.17) is 0 Å². The van der Waals surface area contributed by atoms with Gasteiger partial charge in [0.25, 0.3) is 0 Å². The molecule has 2 heteroatoms. The van der Waals surface area contributed by atoms with Crippen LogP contribution in [-0.4, -0.2) is 13.4 Å². The molecule has 9 heavy (non-hydrogen) atoms. The monoisotopic (exact) mass is 126 g/mol.